The Balaban J connectivity index is 1.27. The summed E-state index contributed by atoms with van der Waals surface area (Å²) in [6.45, 7) is 8.55. The van der Waals surface area contributed by atoms with Crippen molar-refractivity contribution in [3.05, 3.63) is 42.6 Å². The number of hydrogen-bond acceptors (Lipinski definition) is 8. The van der Waals surface area contributed by atoms with Gasteiger partial charge >= 0.3 is 0 Å². The summed E-state index contributed by atoms with van der Waals surface area (Å²) in [7, 11) is -3.45. The summed E-state index contributed by atoms with van der Waals surface area (Å²) in [5, 5.41) is 4.34. The predicted molar refractivity (Wildman–Crippen MR) is 158 cm³/mol. The fourth-order valence-electron chi connectivity index (χ4n) is 5.49. The van der Waals surface area contributed by atoms with Gasteiger partial charge in [-0.25, -0.2) is 13.4 Å². The van der Waals surface area contributed by atoms with E-state index in [4.69, 9.17) is 0 Å². The lowest BCUT2D eigenvalue weighted by Crippen LogP contribution is -2.54. The monoisotopic (exact) mass is 553 g/mol. The van der Waals surface area contributed by atoms with E-state index in [9.17, 15) is 13.2 Å². The molecular weight excluding hydrogens is 514 g/mol. The van der Waals surface area contributed by atoms with Crippen LogP contribution in [-0.2, 0) is 14.8 Å². The largest absolute Gasteiger partial charge is 0.380 e. The molecule has 2 saturated heterocycles. The first-order chi connectivity index (χ1) is 18.8. The summed E-state index contributed by atoms with van der Waals surface area (Å²) in [6, 6.07) is 11.3. The number of benzene rings is 1. The number of pyridine rings is 1. The lowest BCUT2D eigenvalue weighted by Gasteiger charge is -2.40. The van der Waals surface area contributed by atoms with Crippen LogP contribution in [0, 0.1) is 0 Å². The molecular formula is C28H39N7O3S. The molecule has 3 aromatic rings. The third-order valence-corrected chi connectivity index (χ3v) is 8.69. The molecule has 0 bridgehead atoms. The zero-order valence-electron chi connectivity index (χ0n) is 22.8. The lowest BCUT2D eigenvalue weighted by atomic mass is 10.1. The van der Waals surface area contributed by atoms with Gasteiger partial charge in [-0.15, -0.1) is 0 Å². The predicted octanol–water partition coefficient (Wildman–Crippen LogP) is 3.50. The van der Waals surface area contributed by atoms with Crippen LogP contribution in [-0.4, -0.2) is 86.7 Å². The maximum absolute atomic E-state index is 12.7. The molecule has 10 nitrogen and oxygen atoms in total. The minimum atomic E-state index is -3.45. The van der Waals surface area contributed by atoms with Gasteiger partial charge in [0.15, 0.2) is 5.82 Å². The minimum Gasteiger partial charge on any atom is -0.380 e. The number of carbonyl (C=O) groups excluding carboxylic acids is 1. The highest BCUT2D eigenvalue weighted by Gasteiger charge is 2.30. The summed E-state index contributed by atoms with van der Waals surface area (Å²) >= 11 is 0. The van der Waals surface area contributed by atoms with Crippen molar-refractivity contribution < 1.29 is 13.2 Å². The molecule has 0 radical (unpaired) electrons. The zero-order chi connectivity index (χ0) is 27.4. The van der Waals surface area contributed by atoms with Gasteiger partial charge in [-0.3, -0.25) is 4.72 Å². The van der Waals surface area contributed by atoms with Crippen molar-refractivity contribution in [2.75, 3.05) is 64.9 Å². The molecule has 3 N–H and O–H groups in total. The molecule has 1 aromatic carbocycles. The number of hydrogen-bond donors (Lipinski definition) is 3. The van der Waals surface area contributed by atoms with Crippen LogP contribution in [0.25, 0.3) is 10.9 Å². The Bertz CT molecular complexity index is 1380. The molecule has 0 amide bonds. The van der Waals surface area contributed by atoms with E-state index in [1.807, 2.05) is 30.3 Å². The van der Waals surface area contributed by atoms with Crippen LogP contribution >= 0.6 is 0 Å². The highest BCUT2D eigenvalue weighted by Crippen LogP contribution is 2.30. The molecule has 4 heterocycles. The number of carbonyl (C=O) groups is 1. The Morgan fingerprint density at radius 3 is 2.69 bits per heavy atom. The van der Waals surface area contributed by atoms with E-state index in [1.165, 1.54) is 6.42 Å². The van der Waals surface area contributed by atoms with Gasteiger partial charge in [0.25, 0.3) is 0 Å². The highest BCUT2D eigenvalue weighted by molar-refractivity contribution is 7.92. The molecule has 0 spiro atoms. The Morgan fingerprint density at radius 2 is 1.92 bits per heavy atom. The summed E-state index contributed by atoms with van der Waals surface area (Å²) in [5.41, 5.74) is 2.40. The number of piperazine rings is 1. The molecule has 2 aliphatic rings. The summed E-state index contributed by atoms with van der Waals surface area (Å²) in [4.78, 5) is 26.7. The van der Waals surface area contributed by atoms with Gasteiger partial charge < -0.3 is 29.8 Å². The quantitative estimate of drug-likeness (QED) is 0.327. The number of piperidine rings is 1. The average molecular weight is 554 g/mol. The van der Waals surface area contributed by atoms with Crippen molar-refractivity contribution >= 4 is 50.2 Å². The molecule has 11 heteroatoms. The number of aromatic nitrogens is 2. The number of sulfonamides is 1. The average Bonchev–Trinajstić information content (AvgIpc) is 3.35. The van der Waals surface area contributed by atoms with Gasteiger partial charge in [0.1, 0.15) is 18.1 Å². The first-order valence-electron chi connectivity index (χ1n) is 13.9. The number of aldehydes is 1. The number of aromatic amines is 1. The lowest BCUT2D eigenvalue weighted by molar-refractivity contribution is -0.109. The van der Waals surface area contributed by atoms with Crippen LogP contribution in [0.5, 0.6) is 0 Å². The molecule has 0 aliphatic carbocycles. The first kappa shape index (κ1) is 27.3. The number of fused-ring (bicyclic) bond motifs is 1. The Labute approximate surface area is 230 Å². The smallest absolute Gasteiger partial charge is 0.233 e. The second-order valence-electron chi connectivity index (χ2n) is 10.8. The molecule has 2 aromatic heterocycles. The summed E-state index contributed by atoms with van der Waals surface area (Å²) < 4.78 is 28.2. The van der Waals surface area contributed by atoms with Crippen LogP contribution in [0.15, 0.2) is 42.6 Å². The van der Waals surface area contributed by atoms with Crippen molar-refractivity contribution in [3.8, 4) is 0 Å². The Hall–Kier alpha value is -3.31. The van der Waals surface area contributed by atoms with Crippen LogP contribution in [0.1, 0.15) is 33.1 Å². The van der Waals surface area contributed by atoms with Crippen LogP contribution in [0.4, 0.5) is 23.0 Å². The molecule has 1 unspecified atom stereocenters. The van der Waals surface area contributed by atoms with Crippen molar-refractivity contribution in [1.29, 1.82) is 0 Å². The van der Waals surface area contributed by atoms with Gasteiger partial charge in [0.05, 0.1) is 11.4 Å². The van der Waals surface area contributed by atoms with Crippen LogP contribution in [0.2, 0.25) is 0 Å². The van der Waals surface area contributed by atoms with Crippen molar-refractivity contribution in [1.82, 2.24) is 14.9 Å². The van der Waals surface area contributed by atoms with E-state index in [2.05, 4.69) is 48.6 Å². The minimum absolute atomic E-state index is 0.0827. The van der Waals surface area contributed by atoms with E-state index in [0.717, 1.165) is 60.4 Å². The molecule has 1 atom stereocenters. The third-order valence-electron chi connectivity index (χ3n) is 7.42. The number of anilines is 4. The third kappa shape index (κ3) is 6.65. The van der Waals surface area contributed by atoms with Gasteiger partial charge in [0.2, 0.25) is 10.0 Å². The van der Waals surface area contributed by atoms with Gasteiger partial charge in [-0.05, 0) is 76.2 Å². The molecule has 2 aliphatic heterocycles. The summed E-state index contributed by atoms with van der Waals surface area (Å²) in [6.07, 6.45) is 6.27. The van der Waals surface area contributed by atoms with Gasteiger partial charge in [0, 0.05) is 55.0 Å². The summed E-state index contributed by atoms with van der Waals surface area (Å²) in [5.74, 6) is 1.78. The van der Waals surface area contributed by atoms with E-state index < -0.39 is 10.0 Å². The van der Waals surface area contributed by atoms with E-state index in [0.29, 0.717) is 31.9 Å². The topological polar surface area (TPSA) is 114 Å². The Morgan fingerprint density at radius 1 is 1.10 bits per heavy atom. The standard InChI is InChI=1S/C28H39N7O3S/c1-21(2)30-26-7-6-10-29-28(26)34-13-14-35(24(19-34)20-36)27-18-22-17-23(8-9-25(22)31-27)32-39(37,38)16-15-33-11-4-3-5-12-33/h6-10,17-18,20-21,24,30-32H,3-5,11-16,19H2,1-2H3. The second-order valence-corrected chi connectivity index (χ2v) is 12.6. The highest BCUT2D eigenvalue weighted by atomic mass is 32.2. The van der Waals surface area contributed by atoms with Crippen molar-refractivity contribution in [2.45, 2.75) is 45.2 Å². The van der Waals surface area contributed by atoms with E-state index >= 15 is 0 Å². The zero-order valence-corrected chi connectivity index (χ0v) is 23.6. The van der Waals surface area contributed by atoms with Crippen molar-refractivity contribution in [2.24, 2.45) is 0 Å². The van der Waals surface area contributed by atoms with Gasteiger partial charge in [-0.1, -0.05) is 6.42 Å². The maximum atomic E-state index is 12.7. The number of H-pyrrole nitrogens is 1. The second kappa shape index (κ2) is 11.8. The van der Waals surface area contributed by atoms with Crippen LogP contribution in [0.3, 0.4) is 0 Å². The molecule has 39 heavy (non-hydrogen) atoms. The molecule has 0 saturated carbocycles. The van der Waals surface area contributed by atoms with E-state index in [-0.39, 0.29) is 17.8 Å². The number of rotatable bonds is 10. The van der Waals surface area contributed by atoms with E-state index in [1.54, 1.807) is 12.3 Å². The maximum Gasteiger partial charge on any atom is 0.233 e. The SMILES string of the molecule is CC(C)Nc1cccnc1N1CCN(c2cc3cc(NS(=O)(=O)CCN4CCCCC4)ccc3[nH]2)C(C=O)C1. The number of likely N-dealkylation sites (tertiary alicyclic amines) is 1. The van der Waals surface area contributed by atoms with Crippen molar-refractivity contribution in [3.63, 3.8) is 0 Å². The Kier molecular flexibility index (Phi) is 8.27. The fraction of sp³-hybridized carbons (Fsp3) is 0.500. The van der Waals surface area contributed by atoms with Crippen LogP contribution < -0.4 is 19.8 Å². The fourth-order valence-corrected chi connectivity index (χ4v) is 6.58. The molecule has 210 valence electrons. The number of nitrogens with zero attached hydrogens (tertiary/aromatic N) is 4. The first-order valence-corrected chi connectivity index (χ1v) is 15.5. The number of nitrogens with one attached hydrogen (secondary N) is 3. The molecule has 5 rings (SSSR count). The molecule has 2 fully saturated rings. The normalized spacial score (nSPS) is 19.0. The van der Waals surface area contributed by atoms with Gasteiger partial charge in [-0.2, -0.15) is 0 Å².